The summed E-state index contributed by atoms with van der Waals surface area (Å²) >= 11 is 0. The lowest BCUT2D eigenvalue weighted by Gasteiger charge is -2.33. The Morgan fingerprint density at radius 3 is 2.43 bits per heavy atom. The van der Waals surface area contributed by atoms with Gasteiger partial charge in [0.25, 0.3) is 0 Å². The third kappa shape index (κ3) is 3.58. The third-order valence-corrected chi connectivity index (χ3v) is 3.37. The number of nitrogens with one attached hydrogen (secondary N) is 1. The Balaban J connectivity index is 2.37. The lowest BCUT2D eigenvalue weighted by molar-refractivity contribution is 0.189. The molecule has 1 aliphatic rings. The van der Waals surface area contributed by atoms with Crippen molar-refractivity contribution in [1.29, 1.82) is 0 Å². The summed E-state index contributed by atoms with van der Waals surface area (Å²) in [5, 5.41) is 3.63. The van der Waals surface area contributed by atoms with E-state index in [2.05, 4.69) is 38.2 Å². The van der Waals surface area contributed by atoms with Crippen molar-refractivity contribution in [3.05, 3.63) is 0 Å². The van der Waals surface area contributed by atoms with Crippen LogP contribution in [0.5, 0.6) is 0 Å². The highest BCUT2D eigenvalue weighted by Gasteiger charge is 2.21. The van der Waals surface area contributed by atoms with E-state index in [4.69, 9.17) is 0 Å². The van der Waals surface area contributed by atoms with E-state index in [0.29, 0.717) is 0 Å². The number of hydrogen-bond donors (Lipinski definition) is 1. The summed E-state index contributed by atoms with van der Waals surface area (Å²) in [6.45, 7) is 5.88. The molecule has 0 radical (unpaired) electrons. The fourth-order valence-electron chi connectivity index (χ4n) is 2.50. The summed E-state index contributed by atoms with van der Waals surface area (Å²) in [5.74, 6) is 0.758. The average Bonchev–Trinajstić information content (AvgIpc) is 2.15. The first-order valence-corrected chi connectivity index (χ1v) is 6.01. The molecule has 1 N–H and O–H groups in total. The first-order valence-electron chi connectivity index (χ1n) is 6.01. The molecule has 84 valence electrons. The predicted molar refractivity (Wildman–Crippen MR) is 62.6 cm³/mol. The fourth-order valence-corrected chi connectivity index (χ4v) is 2.50. The van der Waals surface area contributed by atoms with Gasteiger partial charge in [-0.05, 0) is 45.8 Å². The molecule has 0 aliphatic carbocycles. The first-order chi connectivity index (χ1) is 6.61. The van der Waals surface area contributed by atoms with Crippen LogP contribution in [-0.4, -0.2) is 37.6 Å². The van der Waals surface area contributed by atoms with Crippen molar-refractivity contribution in [1.82, 2.24) is 10.2 Å². The lowest BCUT2D eigenvalue weighted by Crippen LogP contribution is -2.42. The minimum atomic E-state index is 0.727. The van der Waals surface area contributed by atoms with Crippen molar-refractivity contribution < 1.29 is 0 Å². The van der Waals surface area contributed by atoms with Crippen LogP contribution in [0, 0.1) is 5.92 Å². The highest BCUT2D eigenvalue weighted by atomic mass is 15.1. The molecule has 2 nitrogen and oxygen atoms in total. The molecule has 0 amide bonds. The van der Waals surface area contributed by atoms with Crippen molar-refractivity contribution in [3.8, 4) is 0 Å². The fraction of sp³-hybridized carbons (Fsp3) is 1.00. The molecule has 0 spiro atoms. The van der Waals surface area contributed by atoms with Crippen LogP contribution in [0.2, 0.25) is 0 Å². The lowest BCUT2D eigenvalue weighted by atomic mass is 9.92. The van der Waals surface area contributed by atoms with Gasteiger partial charge in [0.15, 0.2) is 0 Å². The number of hydrogen-bond acceptors (Lipinski definition) is 2. The quantitative estimate of drug-likeness (QED) is 0.744. The van der Waals surface area contributed by atoms with Crippen molar-refractivity contribution in [2.24, 2.45) is 5.92 Å². The molecule has 1 heterocycles. The normalized spacial score (nSPS) is 25.7. The van der Waals surface area contributed by atoms with Crippen LogP contribution in [0.15, 0.2) is 0 Å². The molecule has 2 unspecified atom stereocenters. The van der Waals surface area contributed by atoms with E-state index < -0.39 is 0 Å². The molecule has 0 aromatic heterocycles. The topological polar surface area (TPSA) is 15.3 Å². The maximum Gasteiger partial charge on any atom is 0.0127 e. The summed E-state index contributed by atoms with van der Waals surface area (Å²) in [4.78, 5) is 2.38. The second-order valence-electron chi connectivity index (χ2n) is 5.16. The Hall–Kier alpha value is -0.0800. The summed E-state index contributed by atoms with van der Waals surface area (Å²) in [6, 6.07) is 1.49. The van der Waals surface area contributed by atoms with Crippen molar-refractivity contribution in [2.75, 3.05) is 20.6 Å². The highest BCUT2D eigenvalue weighted by Crippen LogP contribution is 2.18. The minimum absolute atomic E-state index is 0.727. The molecule has 1 saturated heterocycles. The van der Waals surface area contributed by atoms with Crippen LogP contribution in [0.1, 0.15) is 39.5 Å². The van der Waals surface area contributed by atoms with Gasteiger partial charge in [0.1, 0.15) is 0 Å². The second-order valence-corrected chi connectivity index (χ2v) is 5.16. The van der Waals surface area contributed by atoms with Gasteiger partial charge in [0, 0.05) is 12.1 Å². The van der Waals surface area contributed by atoms with E-state index in [1.165, 1.54) is 32.2 Å². The van der Waals surface area contributed by atoms with Gasteiger partial charge in [-0.2, -0.15) is 0 Å². The van der Waals surface area contributed by atoms with Crippen molar-refractivity contribution >= 4 is 0 Å². The predicted octanol–water partition coefficient (Wildman–Crippen LogP) is 2.10. The molecule has 1 rings (SSSR count). The molecule has 0 bridgehead atoms. The zero-order valence-electron chi connectivity index (χ0n) is 10.2. The minimum Gasteiger partial charge on any atom is -0.314 e. The molecule has 1 fully saturated rings. The third-order valence-electron chi connectivity index (χ3n) is 3.37. The molecular weight excluding hydrogens is 172 g/mol. The molecule has 0 aromatic carbocycles. The van der Waals surface area contributed by atoms with Crippen LogP contribution in [0.3, 0.4) is 0 Å². The molecule has 0 aromatic rings. The van der Waals surface area contributed by atoms with Crippen LogP contribution >= 0.6 is 0 Å². The molecule has 2 atom stereocenters. The van der Waals surface area contributed by atoms with E-state index in [0.717, 1.165) is 18.0 Å². The van der Waals surface area contributed by atoms with Gasteiger partial charge in [0.05, 0.1) is 0 Å². The Morgan fingerprint density at radius 2 is 2.00 bits per heavy atom. The van der Waals surface area contributed by atoms with E-state index in [1.807, 2.05) is 0 Å². The van der Waals surface area contributed by atoms with Crippen molar-refractivity contribution in [2.45, 2.75) is 51.6 Å². The average molecular weight is 198 g/mol. The SMILES string of the molecule is CC(C)C(CC1CCCCN1)N(C)C. The largest absolute Gasteiger partial charge is 0.314 e. The number of rotatable bonds is 4. The van der Waals surface area contributed by atoms with Gasteiger partial charge in [-0.15, -0.1) is 0 Å². The van der Waals surface area contributed by atoms with E-state index in [9.17, 15) is 0 Å². The zero-order valence-corrected chi connectivity index (χ0v) is 10.2. The second kappa shape index (κ2) is 5.72. The summed E-state index contributed by atoms with van der Waals surface area (Å²) in [6.07, 6.45) is 5.46. The Kier molecular flexibility index (Phi) is 4.90. The molecule has 2 heteroatoms. The van der Waals surface area contributed by atoms with Crippen LogP contribution in [0.4, 0.5) is 0 Å². The first kappa shape index (κ1) is 12.0. The Morgan fingerprint density at radius 1 is 1.29 bits per heavy atom. The van der Waals surface area contributed by atoms with E-state index in [-0.39, 0.29) is 0 Å². The summed E-state index contributed by atoms with van der Waals surface area (Å²) in [5.41, 5.74) is 0. The van der Waals surface area contributed by atoms with Crippen LogP contribution in [-0.2, 0) is 0 Å². The van der Waals surface area contributed by atoms with Crippen LogP contribution in [0.25, 0.3) is 0 Å². The molecule has 14 heavy (non-hydrogen) atoms. The van der Waals surface area contributed by atoms with Gasteiger partial charge in [-0.25, -0.2) is 0 Å². The zero-order chi connectivity index (χ0) is 10.6. The van der Waals surface area contributed by atoms with Gasteiger partial charge in [-0.3, -0.25) is 0 Å². The molecular formula is C12H26N2. The summed E-state index contributed by atoms with van der Waals surface area (Å²) in [7, 11) is 4.40. The highest BCUT2D eigenvalue weighted by molar-refractivity contribution is 4.80. The standard InChI is InChI=1S/C12H26N2/c1-10(2)12(14(3)4)9-11-7-5-6-8-13-11/h10-13H,5-9H2,1-4H3. The summed E-state index contributed by atoms with van der Waals surface area (Å²) < 4.78 is 0. The Bertz CT molecular complexity index is 140. The van der Waals surface area contributed by atoms with E-state index >= 15 is 0 Å². The van der Waals surface area contributed by atoms with Gasteiger partial charge >= 0.3 is 0 Å². The maximum absolute atomic E-state index is 3.63. The number of nitrogens with zero attached hydrogens (tertiary/aromatic N) is 1. The van der Waals surface area contributed by atoms with Crippen molar-refractivity contribution in [3.63, 3.8) is 0 Å². The van der Waals surface area contributed by atoms with Crippen LogP contribution < -0.4 is 5.32 Å². The monoisotopic (exact) mass is 198 g/mol. The number of piperidine rings is 1. The van der Waals surface area contributed by atoms with Gasteiger partial charge < -0.3 is 10.2 Å². The molecule has 0 saturated carbocycles. The van der Waals surface area contributed by atoms with Gasteiger partial charge in [-0.1, -0.05) is 20.3 Å². The van der Waals surface area contributed by atoms with Gasteiger partial charge in [0.2, 0.25) is 0 Å². The maximum atomic E-state index is 3.63. The smallest absolute Gasteiger partial charge is 0.0127 e. The van der Waals surface area contributed by atoms with E-state index in [1.54, 1.807) is 0 Å². The molecule has 1 aliphatic heterocycles. The Labute approximate surface area is 89.1 Å².